The van der Waals surface area contributed by atoms with Gasteiger partial charge >= 0.3 is 11.9 Å². The number of alkyl halides is 3. The molecule has 0 radical (unpaired) electrons. The van der Waals surface area contributed by atoms with Crippen LogP contribution in [0.25, 0.3) is 0 Å². The SMILES string of the molecule is CC(c1ccc(C#N)cc1)n1cc([N+](=O)[O-])c(C(F)(F)F)n1. The highest BCUT2D eigenvalue weighted by molar-refractivity contribution is 5.37. The van der Waals surface area contributed by atoms with Gasteiger partial charge in [-0.15, -0.1) is 0 Å². The van der Waals surface area contributed by atoms with Crippen LogP contribution >= 0.6 is 0 Å². The van der Waals surface area contributed by atoms with Gasteiger partial charge in [-0.1, -0.05) is 12.1 Å². The van der Waals surface area contributed by atoms with Crippen molar-refractivity contribution in [3.8, 4) is 6.07 Å². The Morgan fingerprint density at radius 2 is 1.95 bits per heavy atom. The van der Waals surface area contributed by atoms with Gasteiger partial charge in [-0.05, 0) is 24.6 Å². The lowest BCUT2D eigenvalue weighted by molar-refractivity contribution is -0.388. The predicted molar refractivity (Wildman–Crippen MR) is 68.9 cm³/mol. The zero-order valence-corrected chi connectivity index (χ0v) is 11.2. The fourth-order valence-electron chi connectivity index (χ4n) is 1.90. The third kappa shape index (κ3) is 2.90. The van der Waals surface area contributed by atoms with Crippen molar-refractivity contribution in [2.24, 2.45) is 0 Å². The predicted octanol–water partition coefficient (Wildman–Crippen LogP) is 3.29. The number of aromatic nitrogens is 2. The van der Waals surface area contributed by atoms with E-state index in [1.807, 2.05) is 6.07 Å². The monoisotopic (exact) mass is 310 g/mol. The molecule has 114 valence electrons. The van der Waals surface area contributed by atoms with E-state index >= 15 is 0 Å². The maximum absolute atomic E-state index is 12.8. The molecule has 22 heavy (non-hydrogen) atoms. The molecule has 1 aromatic heterocycles. The third-order valence-corrected chi connectivity index (χ3v) is 3.10. The standard InChI is InChI=1S/C13H9F3N4O2/c1-8(10-4-2-9(6-17)3-5-10)19-7-11(20(21)22)12(18-19)13(14,15)16/h2-5,7-8H,1H3. The van der Waals surface area contributed by atoms with Crippen LogP contribution in [0.4, 0.5) is 18.9 Å². The number of hydrogen-bond acceptors (Lipinski definition) is 4. The second-order valence-corrected chi connectivity index (χ2v) is 4.51. The summed E-state index contributed by atoms with van der Waals surface area (Å²) in [4.78, 5) is 9.63. The minimum Gasteiger partial charge on any atom is -0.258 e. The Morgan fingerprint density at radius 1 is 1.36 bits per heavy atom. The van der Waals surface area contributed by atoms with Crippen LogP contribution in [-0.4, -0.2) is 14.7 Å². The molecule has 0 bridgehead atoms. The number of hydrogen-bond donors (Lipinski definition) is 0. The van der Waals surface area contributed by atoms with Crippen LogP contribution in [0.2, 0.25) is 0 Å². The lowest BCUT2D eigenvalue weighted by atomic mass is 10.1. The Bertz CT molecular complexity index is 744. The van der Waals surface area contributed by atoms with Crippen molar-refractivity contribution in [3.63, 3.8) is 0 Å². The largest absolute Gasteiger partial charge is 0.442 e. The molecule has 2 rings (SSSR count). The molecule has 0 saturated heterocycles. The number of nitrogens with zero attached hydrogens (tertiary/aromatic N) is 4. The highest BCUT2D eigenvalue weighted by Gasteiger charge is 2.42. The normalized spacial score (nSPS) is 12.7. The van der Waals surface area contributed by atoms with Gasteiger partial charge in [0.15, 0.2) is 0 Å². The quantitative estimate of drug-likeness (QED) is 0.643. The maximum atomic E-state index is 12.8. The summed E-state index contributed by atoms with van der Waals surface area (Å²) in [5.74, 6) is 0. The molecule has 1 heterocycles. The third-order valence-electron chi connectivity index (χ3n) is 3.10. The van der Waals surface area contributed by atoms with Crippen LogP contribution in [0.3, 0.4) is 0 Å². The molecule has 0 N–H and O–H groups in total. The molecular formula is C13H9F3N4O2. The Labute approximate surface area is 122 Å². The summed E-state index contributed by atoms with van der Waals surface area (Å²) in [6.45, 7) is 1.55. The second kappa shape index (κ2) is 5.48. The number of nitro groups is 1. The lowest BCUT2D eigenvalue weighted by Gasteiger charge is -2.12. The molecule has 9 heteroatoms. The zero-order chi connectivity index (χ0) is 16.5. The minimum absolute atomic E-state index is 0.401. The van der Waals surface area contributed by atoms with E-state index in [2.05, 4.69) is 5.10 Å². The molecule has 0 saturated carbocycles. The average molecular weight is 310 g/mol. The first kappa shape index (κ1) is 15.5. The van der Waals surface area contributed by atoms with E-state index in [0.717, 1.165) is 10.9 Å². The average Bonchev–Trinajstić information content (AvgIpc) is 2.92. The van der Waals surface area contributed by atoms with Crippen LogP contribution < -0.4 is 0 Å². The highest BCUT2D eigenvalue weighted by Crippen LogP contribution is 2.35. The van der Waals surface area contributed by atoms with E-state index in [4.69, 9.17) is 5.26 Å². The summed E-state index contributed by atoms with van der Waals surface area (Å²) < 4.78 is 39.2. The molecule has 0 aliphatic carbocycles. The van der Waals surface area contributed by atoms with Crippen molar-refractivity contribution >= 4 is 5.69 Å². The highest BCUT2D eigenvalue weighted by atomic mass is 19.4. The van der Waals surface area contributed by atoms with Crippen LogP contribution in [0.15, 0.2) is 30.5 Å². The maximum Gasteiger partial charge on any atom is 0.442 e. The van der Waals surface area contributed by atoms with Gasteiger partial charge < -0.3 is 0 Å². The lowest BCUT2D eigenvalue weighted by Crippen LogP contribution is -2.12. The van der Waals surface area contributed by atoms with Gasteiger partial charge in [0.25, 0.3) is 0 Å². The Kier molecular flexibility index (Phi) is 3.86. The van der Waals surface area contributed by atoms with Crippen LogP contribution in [0, 0.1) is 21.4 Å². The summed E-state index contributed by atoms with van der Waals surface area (Å²) in [7, 11) is 0. The fraction of sp³-hybridized carbons (Fsp3) is 0.231. The van der Waals surface area contributed by atoms with Gasteiger partial charge in [0.05, 0.1) is 22.6 Å². The van der Waals surface area contributed by atoms with Crippen LogP contribution in [0.1, 0.15) is 29.8 Å². The summed E-state index contributed by atoms with van der Waals surface area (Å²) in [6.07, 6.45) is -4.15. The fourth-order valence-corrected chi connectivity index (χ4v) is 1.90. The van der Waals surface area contributed by atoms with E-state index < -0.39 is 28.5 Å². The van der Waals surface area contributed by atoms with Gasteiger partial charge in [-0.2, -0.15) is 23.5 Å². The molecule has 6 nitrogen and oxygen atoms in total. The summed E-state index contributed by atoms with van der Waals surface area (Å²) in [5, 5.41) is 22.8. The first-order chi connectivity index (χ1) is 10.2. The smallest absolute Gasteiger partial charge is 0.258 e. The van der Waals surface area contributed by atoms with Crippen molar-refractivity contribution in [1.82, 2.24) is 9.78 Å². The molecule has 0 aliphatic heterocycles. The first-order valence-electron chi connectivity index (χ1n) is 6.05. The second-order valence-electron chi connectivity index (χ2n) is 4.51. The summed E-state index contributed by atoms with van der Waals surface area (Å²) in [6, 6.07) is 7.41. The van der Waals surface area contributed by atoms with E-state index in [1.165, 1.54) is 12.1 Å². The van der Waals surface area contributed by atoms with Crippen molar-refractivity contribution in [3.05, 3.63) is 57.4 Å². The van der Waals surface area contributed by atoms with E-state index in [-0.39, 0.29) is 0 Å². The molecule has 0 aliphatic rings. The van der Waals surface area contributed by atoms with Crippen LogP contribution in [-0.2, 0) is 6.18 Å². The van der Waals surface area contributed by atoms with Crippen LogP contribution in [0.5, 0.6) is 0 Å². The molecule has 0 amide bonds. The topological polar surface area (TPSA) is 84.8 Å². The zero-order valence-electron chi connectivity index (χ0n) is 11.2. The molecule has 2 aromatic rings. The molecule has 1 aromatic carbocycles. The van der Waals surface area contributed by atoms with Gasteiger partial charge in [0.2, 0.25) is 5.69 Å². The van der Waals surface area contributed by atoms with E-state index in [1.54, 1.807) is 19.1 Å². The van der Waals surface area contributed by atoms with E-state index in [0.29, 0.717) is 11.1 Å². The molecule has 0 fully saturated rings. The summed E-state index contributed by atoms with van der Waals surface area (Å²) in [5.41, 5.74) is -1.64. The Hall–Kier alpha value is -2.89. The Morgan fingerprint density at radius 3 is 2.36 bits per heavy atom. The van der Waals surface area contributed by atoms with Crippen molar-refractivity contribution in [2.75, 3.05) is 0 Å². The van der Waals surface area contributed by atoms with Crippen molar-refractivity contribution < 1.29 is 18.1 Å². The van der Waals surface area contributed by atoms with Crippen molar-refractivity contribution in [1.29, 1.82) is 5.26 Å². The molecule has 1 unspecified atom stereocenters. The molecule has 1 atom stereocenters. The van der Waals surface area contributed by atoms with Gasteiger partial charge in [-0.3, -0.25) is 14.8 Å². The Balaban J connectivity index is 2.43. The van der Waals surface area contributed by atoms with Gasteiger partial charge in [-0.25, -0.2) is 0 Å². The molecular weight excluding hydrogens is 301 g/mol. The number of rotatable bonds is 3. The van der Waals surface area contributed by atoms with Crippen molar-refractivity contribution in [2.45, 2.75) is 19.1 Å². The van der Waals surface area contributed by atoms with E-state index in [9.17, 15) is 23.3 Å². The number of benzene rings is 1. The van der Waals surface area contributed by atoms with Gasteiger partial charge in [0, 0.05) is 0 Å². The van der Waals surface area contributed by atoms with Gasteiger partial charge in [0.1, 0.15) is 6.20 Å². The molecule has 0 spiro atoms. The summed E-state index contributed by atoms with van der Waals surface area (Å²) >= 11 is 0. The minimum atomic E-state index is -4.90. The number of nitriles is 1. The number of halogens is 3. The first-order valence-corrected chi connectivity index (χ1v) is 6.05.